The molecule has 0 saturated heterocycles. The fourth-order valence-electron chi connectivity index (χ4n) is 2.15. The molecule has 3 rings (SSSR count). The molecule has 0 aliphatic heterocycles. The summed E-state index contributed by atoms with van der Waals surface area (Å²) in [5.74, 6) is 0.560. The summed E-state index contributed by atoms with van der Waals surface area (Å²) in [7, 11) is 1.78. The number of carbonyl (C=O) groups is 1. The number of carbonyl (C=O) groups excluding carboxylic acids is 1. The number of benzene rings is 2. The molecular weight excluding hydrogens is 292 g/mol. The minimum absolute atomic E-state index is 0.109. The summed E-state index contributed by atoms with van der Waals surface area (Å²) < 4.78 is 1.60. The van der Waals surface area contributed by atoms with E-state index in [-0.39, 0.29) is 12.5 Å². The van der Waals surface area contributed by atoms with Gasteiger partial charge in [-0.15, -0.1) is 5.10 Å². The van der Waals surface area contributed by atoms with Crippen LogP contribution in [-0.2, 0) is 11.8 Å². The van der Waals surface area contributed by atoms with Crippen molar-refractivity contribution in [3.8, 4) is 11.4 Å². The van der Waals surface area contributed by atoms with E-state index < -0.39 is 0 Å². The van der Waals surface area contributed by atoms with E-state index >= 15 is 0 Å². The molecule has 3 aromatic rings. The average Bonchev–Trinajstić information content (AvgIpc) is 3.00. The van der Waals surface area contributed by atoms with Gasteiger partial charge in [-0.25, -0.2) is 4.68 Å². The highest BCUT2D eigenvalue weighted by Gasteiger charge is 2.07. The van der Waals surface area contributed by atoms with E-state index in [9.17, 15) is 4.79 Å². The van der Waals surface area contributed by atoms with Crippen LogP contribution in [0, 0.1) is 0 Å². The summed E-state index contributed by atoms with van der Waals surface area (Å²) in [6.07, 6.45) is 0. The molecular formula is C16H16N6O. The lowest BCUT2D eigenvalue weighted by Gasteiger charge is -2.09. The third-order valence-corrected chi connectivity index (χ3v) is 3.25. The molecule has 1 aromatic heterocycles. The highest BCUT2D eigenvalue weighted by molar-refractivity contribution is 5.93. The Morgan fingerprint density at radius 2 is 1.87 bits per heavy atom. The van der Waals surface area contributed by atoms with E-state index in [1.807, 2.05) is 54.6 Å². The number of anilines is 2. The fraction of sp³-hybridized carbons (Fsp3) is 0.125. The molecule has 0 bridgehead atoms. The smallest absolute Gasteiger partial charge is 0.243 e. The second-order valence-electron chi connectivity index (χ2n) is 4.97. The molecule has 0 atom stereocenters. The Hall–Kier alpha value is -3.22. The minimum Gasteiger partial charge on any atom is -0.376 e. The van der Waals surface area contributed by atoms with Gasteiger partial charge in [0, 0.05) is 24.0 Å². The van der Waals surface area contributed by atoms with Crippen molar-refractivity contribution < 1.29 is 4.79 Å². The van der Waals surface area contributed by atoms with Crippen LogP contribution in [0.5, 0.6) is 0 Å². The molecule has 2 N–H and O–H groups in total. The Kier molecular flexibility index (Phi) is 4.28. The quantitative estimate of drug-likeness (QED) is 0.752. The van der Waals surface area contributed by atoms with Crippen LogP contribution < -0.4 is 10.6 Å². The first kappa shape index (κ1) is 14.7. The Labute approximate surface area is 133 Å². The van der Waals surface area contributed by atoms with E-state index in [0.717, 1.165) is 16.9 Å². The molecule has 0 spiro atoms. The van der Waals surface area contributed by atoms with Crippen LogP contribution in [0.25, 0.3) is 11.4 Å². The molecule has 1 amide bonds. The Bertz CT molecular complexity index is 799. The molecule has 0 fully saturated rings. The van der Waals surface area contributed by atoms with E-state index in [4.69, 9.17) is 0 Å². The number of hydrogen-bond donors (Lipinski definition) is 2. The Balaban J connectivity index is 1.62. The number of nitrogens with zero attached hydrogens (tertiary/aromatic N) is 4. The Morgan fingerprint density at radius 1 is 1.09 bits per heavy atom. The maximum Gasteiger partial charge on any atom is 0.243 e. The molecule has 7 heteroatoms. The molecule has 116 valence electrons. The van der Waals surface area contributed by atoms with Crippen molar-refractivity contribution in [1.29, 1.82) is 0 Å². The van der Waals surface area contributed by atoms with E-state index in [2.05, 4.69) is 26.2 Å². The van der Waals surface area contributed by atoms with Crippen LogP contribution in [0.3, 0.4) is 0 Å². The molecule has 2 aromatic carbocycles. The maximum absolute atomic E-state index is 11.9. The monoisotopic (exact) mass is 308 g/mol. The molecule has 0 aliphatic carbocycles. The number of aromatic nitrogens is 4. The average molecular weight is 308 g/mol. The number of tetrazole rings is 1. The molecule has 0 radical (unpaired) electrons. The number of nitrogens with one attached hydrogen (secondary N) is 2. The maximum atomic E-state index is 11.9. The SMILES string of the molecule is Cn1nnnc1-c1cccc(NCC(=O)Nc2ccccc2)c1. The zero-order chi connectivity index (χ0) is 16.1. The number of aryl methyl sites for hydroxylation is 1. The summed E-state index contributed by atoms with van der Waals surface area (Å²) in [5, 5.41) is 17.3. The molecule has 1 heterocycles. The van der Waals surface area contributed by atoms with Crippen molar-refractivity contribution in [3.63, 3.8) is 0 Å². The summed E-state index contributed by atoms with van der Waals surface area (Å²) in [5.41, 5.74) is 2.48. The van der Waals surface area contributed by atoms with Gasteiger partial charge in [0.05, 0.1) is 6.54 Å². The van der Waals surface area contributed by atoms with Gasteiger partial charge in [0.25, 0.3) is 0 Å². The summed E-state index contributed by atoms with van der Waals surface area (Å²) in [6.45, 7) is 0.176. The normalized spacial score (nSPS) is 10.3. The van der Waals surface area contributed by atoms with Crippen LogP contribution in [0.2, 0.25) is 0 Å². The van der Waals surface area contributed by atoms with Crippen molar-refractivity contribution in [2.24, 2.45) is 7.05 Å². The summed E-state index contributed by atoms with van der Waals surface area (Å²) in [4.78, 5) is 11.9. The molecule has 0 saturated carbocycles. The van der Waals surface area contributed by atoms with Gasteiger partial charge in [-0.2, -0.15) is 0 Å². The van der Waals surface area contributed by atoms with Crippen molar-refractivity contribution in [2.75, 3.05) is 17.2 Å². The van der Waals surface area contributed by atoms with E-state index in [0.29, 0.717) is 5.82 Å². The molecule has 7 nitrogen and oxygen atoms in total. The lowest BCUT2D eigenvalue weighted by atomic mass is 10.2. The zero-order valence-corrected chi connectivity index (χ0v) is 12.6. The summed E-state index contributed by atoms with van der Waals surface area (Å²) in [6, 6.07) is 17.0. The van der Waals surface area contributed by atoms with Gasteiger partial charge in [0.1, 0.15) is 0 Å². The van der Waals surface area contributed by atoms with Crippen LogP contribution in [0.15, 0.2) is 54.6 Å². The predicted molar refractivity (Wildman–Crippen MR) is 87.8 cm³/mol. The molecule has 0 aliphatic rings. The fourth-order valence-corrected chi connectivity index (χ4v) is 2.15. The van der Waals surface area contributed by atoms with Crippen LogP contribution in [0.1, 0.15) is 0 Å². The first-order valence-corrected chi connectivity index (χ1v) is 7.14. The van der Waals surface area contributed by atoms with Crippen molar-refractivity contribution in [2.45, 2.75) is 0 Å². The first-order valence-electron chi connectivity index (χ1n) is 7.14. The molecule has 23 heavy (non-hydrogen) atoms. The van der Waals surface area contributed by atoms with Gasteiger partial charge in [-0.3, -0.25) is 4.79 Å². The van der Waals surface area contributed by atoms with Gasteiger partial charge in [-0.05, 0) is 34.7 Å². The van der Waals surface area contributed by atoms with Crippen molar-refractivity contribution in [1.82, 2.24) is 20.2 Å². The van der Waals surface area contributed by atoms with E-state index in [1.54, 1.807) is 11.7 Å². The predicted octanol–water partition coefficient (Wildman–Crippen LogP) is 1.93. The second-order valence-corrected chi connectivity index (χ2v) is 4.97. The first-order chi connectivity index (χ1) is 11.2. The van der Waals surface area contributed by atoms with E-state index in [1.165, 1.54) is 0 Å². The number of para-hydroxylation sites is 1. The number of amides is 1. The van der Waals surface area contributed by atoms with Gasteiger partial charge >= 0.3 is 0 Å². The molecule has 0 unspecified atom stereocenters. The standard InChI is InChI=1S/C16H16N6O/c1-22-16(19-20-21-22)12-6-5-9-14(10-12)17-11-15(23)18-13-7-3-2-4-8-13/h2-10,17H,11H2,1H3,(H,18,23). The third kappa shape index (κ3) is 3.70. The lowest BCUT2D eigenvalue weighted by molar-refractivity contribution is -0.114. The Morgan fingerprint density at radius 3 is 2.61 bits per heavy atom. The van der Waals surface area contributed by atoms with Crippen LogP contribution >= 0.6 is 0 Å². The highest BCUT2D eigenvalue weighted by Crippen LogP contribution is 2.19. The number of rotatable bonds is 5. The number of hydrogen-bond acceptors (Lipinski definition) is 5. The van der Waals surface area contributed by atoms with Gasteiger partial charge < -0.3 is 10.6 Å². The van der Waals surface area contributed by atoms with Crippen LogP contribution in [0.4, 0.5) is 11.4 Å². The lowest BCUT2D eigenvalue weighted by Crippen LogP contribution is -2.21. The largest absolute Gasteiger partial charge is 0.376 e. The summed E-state index contributed by atoms with van der Waals surface area (Å²) >= 11 is 0. The zero-order valence-electron chi connectivity index (χ0n) is 12.6. The van der Waals surface area contributed by atoms with Gasteiger partial charge in [0.15, 0.2) is 5.82 Å². The highest BCUT2D eigenvalue weighted by atomic mass is 16.1. The second kappa shape index (κ2) is 6.69. The minimum atomic E-state index is -0.109. The van der Waals surface area contributed by atoms with Crippen molar-refractivity contribution in [3.05, 3.63) is 54.6 Å². The topological polar surface area (TPSA) is 84.7 Å². The van der Waals surface area contributed by atoms with Gasteiger partial charge in [0.2, 0.25) is 5.91 Å². The third-order valence-electron chi connectivity index (χ3n) is 3.25. The van der Waals surface area contributed by atoms with Crippen LogP contribution in [-0.4, -0.2) is 32.7 Å². The van der Waals surface area contributed by atoms with Crippen molar-refractivity contribution >= 4 is 17.3 Å². The van der Waals surface area contributed by atoms with Gasteiger partial charge in [-0.1, -0.05) is 30.3 Å².